The van der Waals surface area contributed by atoms with Crippen LogP contribution in [0.2, 0.25) is 0 Å². The molecule has 1 heterocycles. The molecule has 4 nitrogen and oxygen atoms in total. The standard InChI is InChI=1S/C15H24N2O2/c1-5-12(18)10(2)14-16-13(17-19-14)11-6-8-15(3,4)9-7-11/h10-11H,5-9H2,1-4H3. The quantitative estimate of drug-likeness (QED) is 0.829. The van der Waals surface area contributed by atoms with Crippen LogP contribution >= 0.6 is 0 Å². The molecule has 1 fully saturated rings. The maximum Gasteiger partial charge on any atom is 0.236 e. The van der Waals surface area contributed by atoms with Gasteiger partial charge in [-0.05, 0) is 38.0 Å². The summed E-state index contributed by atoms with van der Waals surface area (Å²) in [5.74, 6) is 1.55. The highest BCUT2D eigenvalue weighted by molar-refractivity contribution is 5.83. The molecular formula is C15H24N2O2. The molecule has 2 rings (SSSR count). The normalized spacial score (nSPS) is 21.3. The summed E-state index contributed by atoms with van der Waals surface area (Å²) in [4.78, 5) is 16.1. The third-order valence-electron chi connectivity index (χ3n) is 4.36. The van der Waals surface area contributed by atoms with E-state index in [-0.39, 0.29) is 11.7 Å². The largest absolute Gasteiger partial charge is 0.339 e. The molecule has 106 valence electrons. The molecule has 0 N–H and O–H groups in total. The average molecular weight is 264 g/mol. The van der Waals surface area contributed by atoms with E-state index >= 15 is 0 Å². The van der Waals surface area contributed by atoms with Gasteiger partial charge in [-0.1, -0.05) is 25.9 Å². The third-order valence-corrected chi connectivity index (χ3v) is 4.36. The third kappa shape index (κ3) is 3.23. The second-order valence-corrected chi connectivity index (χ2v) is 6.47. The number of carbonyl (C=O) groups is 1. The fraction of sp³-hybridized carbons (Fsp3) is 0.800. The molecule has 1 atom stereocenters. The van der Waals surface area contributed by atoms with Crippen LogP contribution < -0.4 is 0 Å². The van der Waals surface area contributed by atoms with Crippen LogP contribution in [0, 0.1) is 5.41 Å². The van der Waals surface area contributed by atoms with E-state index in [1.54, 1.807) is 0 Å². The molecule has 1 aliphatic carbocycles. The number of ketones is 1. The van der Waals surface area contributed by atoms with Crippen LogP contribution in [0.25, 0.3) is 0 Å². The van der Waals surface area contributed by atoms with Gasteiger partial charge in [0.15, 0.2) is 5.82 Å². The van der Waals surface area contributed by atoms with Crippen molar-refractivity contribution >= 4 is 5.78 Å². The highest BCUT2D eigenvalue weighted by Crippen LogP contribution is 2.41. The number of hydrogen-bond acceptors (Lipinski definition) is 4. The lowest BCUT2D eigenvalue weighted by molar-refractivity contribution is -0.120. The summed E-state index contributed by atoms with van der Waals surface area (Å²) in [5, 5.41) is 4.09. The number of hydrogen-bond donors (Lipinski definition) is 0. The zero-order chi connectivity index (χ0) is 14.0. The zero-order valence-electron chi connectivity index (χ0n) is 12.4. The van der Waals surface area contributed by atoms with Gasteiger partial charge in [0.2, 0.25) is 5.89 Å². The molecule has 1 saturated carbocycles. The minimum Gasteiger partial charge on any atom is -0.339 e. The summed E-state index contributed by atoms with van der Waals surface area (Å²) in [6.45, 7) is 8.33. The second kappa shape index (κ2) is 5.43. The summed E-state index contributed by atoms with van der Waals surface area (Å²) in [5.41, 5.74) is 0.439. The molecule has 0 aromatic carbocycles. The Hall–Kier alpha value is -1.19. The molecule has 0 aliphatic heterocycles. The van der Waals surface area contributed by atoms with Crippen LogP contribution in [0.4, 0.5) is 0 Å². The second-order valence-electron chi connectivity index (χ2n) is 6.47. The van der Waals surface area contributed by atoms with E-state index in [1.165, 1.54) is 12.8 Å². The Morgan fingerprint density at radius 3 is 2.63 bits per heavy atom. The molecule has 1 unspecified atom stereocenters. The van der Waals surface area contributed by atoms with E-state index in [0.29, 0.717) is 23.6 Å². The van der Waals surface area contributed by atoms with Crippen molar-refractivity contribution in [1.82, 2.24) is 10.1 Å². The SMILES string of the molecule is CCC(=O)C(C)c1nc(C2CCC(C)(C)CC2)no1. The summed E-state index contributed by atoms with van der Waals surface area (Å²) in [6, 6.07) is 0. The van der Waals surface area contributed by atoms with Gasteiger partial charge in [-0.3, -0.25) is 4.79 Å². The molecular weight excluding hydrogens is 240 g/mol. The molecule has 0 radical (unpaired) electrons. The highest BCUT2D eigenvalue weighted by Gasteiger charge is 2.31. The van der Waals surface area contributed by atoms with Crippen LogP contribution in [-0.2, 0) is 4.79 Å². The van der Waals surface area contributed by atoms with Crippen molar-refractivity contribution in [2.75, 3.05) is 0 Å². The smallest absolute Gasteiger partial charge is 0.236 e. The number of carbonyl (C=O) groups excluding carboxylic acids is 1. The maximum atomic E-state index is 11.7. The van der Waals surface area contributed by atoms with Gasteiger partial charge in [-0.2, -0.15) is 4.98 Å². The van der Waals surface area contributed by atoms with Gasteiger partial charge in [0, 0.05) is 12.3 Å². The lowest BCUT2D eigenvalue weighted by atomic mass is 9.73. The van der Waals surface area contributed by atoms with Crippen molar-refractivity contribution in [2.24, 2.45) is 5.41 Å². The minimum absolute atomic E-state index is 0.153. The summed E-state index contributed by atoms with van der Waals surface area (Å²) >= 11 is 0. The van der Waals surface area contributed by atoms with Crippen LogP contribution in [0.15, 0.2) is 4.52 Å². The minimum atomic E-state index is -0.272. The summed E-state index contributed by atoms with van der Waals surface area (Å²) in [7, 11) is 0. The maximum absolute atomic E-state index is 11.7. The first-order valence-corrected chi connectivity index (χ1v) is 7.29. The van der Waals surface area contributed by atoms with Gasteiger partial charge >= 0.3 is 0 Å². The number of Topliss-reactive ketones (excluding diaryl/α,β-unsaturated/α-hetero) is 1. The van der Waals surface area contributed by atoms with Crippen LogP contribution in [0.5, 0.6) is 0 Å². The first-order chi connectivity index (χ1) is 8.93. The van der Waals surface area contributed by atoms with Gasteiger partial charge < -0.3 is 4.52 Å². The molecule has 4 heteroatoms. The van der Waals surface area contributed by atoms with Gasteiger partial charge in [0.1, 0.15) is 5.78 Å². The molecule has 1 aromatic rings. The van der Waals surface area contributed by atoms with Gasteiger partial charge in [-0.25, -0.2) is 0 Å². The first kappa shape index (κ1) is 14.2. The number of aromatic nitrogens is 2. The van der Waals surface area contributed by atoms with E-state index < -0.39 is 0 Å². The Kier molecular flexibility index (Phi) is 4.07. The Morgan fingerprint density at radius 2 is 2.05 bits per heavy atom. The Balaban J connectivity index is 2.04. The summed E-state index contributed by atoms with van der Waals surface area (Å²) < 4.78 is 5.27. The Labute approximate surface area is 115 Å². The average Bonchev–Trinajstić information content (AvgIpc) is 2.86. The first-order valence-electron chi connectivity index (χ1n) is 7.29. The van der Waals surface area contributed by atoms with Crippen molar-refractivity contribution in [1.29, 1.82) is 0 Å². The van der Waals surface area contributed by atoms with Crippen molar-refractivity contribution in [3.05, 3.63) is 11.7 Å². The molecule has 19 heavy (non-hydrogen) atoms. The van der Waals surface area contributed by atoms with Crippen LogP contribution in [-0.4, -0.2) is 15.9 Å². The fourth-order valence-electron chi connectivity index (χ4n) is 2.69. The molecule has 1 aliphatic rings. The highest BCUT2D eigenvalue weighted by atomic mass is 16.5. The van der Waals surface area contributed by atoms with Crippen molar-refractivity contribution in [2.45, 2.75) is 71.6 Å². The molecule has 0 amide bonds. The van der Waals surface area contributed by atoms with Gasteiger partial charge in [-0.15, -0.1) is 0 Å². The van der Waals surface area contributed by atoms with E-state index in [4.69, 9.17) is 4.52 Å². The van der Waals surface area contributed by atoms with E-state index in [9.17, 15) is 4.79 Å². The van der Waals surface area contributed by atoms with Gasteiger partial charge in [0.05, 0.1) is 5.92 Å². The Bertz CT molecular complexity index is 441. The van der Waals surface area contributed by atoms with Crippen molar-refractivity contribution < 1.29 is 9.32 Å². The van der Waals surface area contributed by atoms with Crippen LogP contribution in [0.1, 0.15) is 83.3 Å². The predicted octanol–water partition coefficient (Wildman–Crippen LogP) is 3.84. The van der Waals surface area contributed by atoms with E-state index in [2.05, 4.69) is 24.0 Å². The predicted molar refractivity (Wildman–Crippen MR) is 73.0 cm³/mol. The molecule has 0 spiro atoms. The lowest BCUT2D eigenvalue weighted by Gasteiger charge is -2.32. The monoisotopic (exact) mass is 264 g/mol. The van der Waals surface area contributed by atoms with Gasteiger partial charge in [0.25, 0.3) is 0 Å². The molecule has 0 bridgehead atoms. The number of rotatable bonds is 4. The number of nitrogens with zero attached hydrogens (tertiary/aromatic N) is 2. The zero-order valence-corrected chi connectivity index (χ0v) is 12.4. The van der Waals surface area contributed by atoms with E-state index in [0.717, 1.165) is 18.7 Å². The molecule has 0 saturated heterocycles. The topological polar surface area (TPSA) is 56.0 Å². The molecule has 1 aromatic heterocycles. The summed E-state index contributed by atoms with van der Waals surface area (Å²) in [6.07, 6.45) is 5.14. The van der Waals surface area contributed by atoms with Crippen molar-refractivity contribution in [3.63, 3.8) is 0 Å². The fourth-order valence-corrected chi connectivity index (χ4v) is 2.69. The lowest BCUT2D eigenvalue weighted by Crippen LogP contribution is -2.20. The van der Waals surface area contributed by atoms with Crippen molar-refractivity contribution in [3.8, 4) is 0 Å². The van der Waals surface area contributed by atoms with E-state index in [1.807, 2.05) is 13.8 Å². The Morgan fingerprint density at radius 1 is 1.42 bits per heavy atom. The van der Waals surface area contributed by atoms with Crippen LogP contribution in [0.3, 0.4) is 0 Å².